The zero-order chi connectivity index (χ0) is 17.9. The topological polar surface area (TPSA) is 58.2 Å². The molecule has 0 radical (unpaired) electrons. The molecular formula is C19H21BrN2O2. The van der Waals surface area contributed by atoms with Crippen LogP contribution in [0.15, 0.2) is 46.9 Å². The van der Waals surface area contributed by atoms with Crippen molar-refractivity contribution in [1.82, 2.24) is 0 Å². The number of nitrogens with one attached hydrogen (secondary N) is 2. The van der Waals surface area contributed by atoms with Gasteiger partial charge in [-0.3, -0.25) is 9.59 Å². The van der Waals surface area contributed by atoms with Crippen LogP contribution in [0.5, 0.6) is 0 Å². The number of hydrogen-bond acceptors (Lipinski definition) is 2. The van der Waals surface area contributed by atoms with Gasteiger partial charge >= 0.3 is 0 Å². The van der Waals surface area contributed by atoms with Crippen molar-refractivity contribution >= 4 is 39.1 Å². The number of halogens is 1. The summed E-state index contributed by atoms with van der Waals surface area (Å²) < 4.78 is 0.969. The third-order valence-corrected chi connectivity index (χ3v) is 4.83. The Bertz CT molecular complexity index is 785. The molecular weight excluding hydrogens is 368 g/mol. The van der Waals surface area contributed by atoms with Crippen LogP contribution in [-0.2, 0) is 9.59 Å². The molecule has 0 fully saturated rings. The Kier molecular flexibility index (Phi) is 5.44. The third-order valence-electron chi connectivity index (χ3n) is 3.94. The molecule has 0 bridgehead atoms. The lowest BCUT2D eigenvalue weighted by atomic mass is 9.90. The van der Waals surface area contributed by atoms with Crippen LogP contribution in [0, 0.1) is 19.3 Å². The highest BCUT2D eigenvalue weighted by Crippen LogP contribution is 2.25. The number of amides is 2. The van der Waals surface area contributed by atoms with Crippen molar-refractivity contribution in [3.05, 3.63) is 58.1 Å². The van der Waals surface area contributed by atoms with Gasteiger partial charge in [0, 0.05) is 15.8 Å². The van der Waals surface area contributed by atoms with Gasteiger partial charge in [-0.2, -0.15) is 0 Å². The number of benzene rings is 2. The second-order valence-electron chi connectivity index (χ2n) is 6.31. The molecule has 0 saturated heterocycles. The van der Waals surface area contributed by atoms with Gasteiger partial charge in [-0.1, -0.05) is 34.1 Å². The van der Waals surface area contributed by atoms with E-state index in [4.69, 9.17) is 0 Å². The molecule has 2 aromatic carbocycles. The van der Waals surface area contributed by atoms with Crippen LogP contribution >= 0.6 is 15.9 Å². The fourth-order valence-electron chi connectivity index (χ4n) is 2.10. The van der Waals surface area contributed by atoms with Gasteiger partial charge in [0.2, 0.25) is 11.8 Å². The van der Waals surface area contributed by atoms with E-state index in [0.717, 1.165) is 15.6 Å². The molecule has 4 nitrogen and oxygen atoms in total. The van der Waals surface area contributed by atoms with E-state index in [0.29, 0.717) is 11.4 Å². The number of anilines is 2. The summed E-state index contributed by atoms with van der Waals surface area (Å²) in [4.78, 5) is 25.1. The predicted octanol–water partition coefficient (Wildman–Crippen LogP) is 4.67. The van der Waals surface area contributed by atoms with Crippen LogP contribution in [0.1, 0.15) is 25.0 Å². The van der Waals surface area contributed by atoms with Gasteiger partial charge in [0.25, 0.3) is 0 Å². The zero-order valence-corrected chi connectivity index (χ0v) is 15.8. The van der Waals surface area contributed by atoms with Gasteiger partial charge in [0.1, 0.15) is 5.41 Å². The molecule has 2 aromatic rings. The highest BCUT2D eigenvalue weighted by atomic mass is 79.9. The van der Waals surface area contributed by atoms with Gasteiger partial charge < -0.3 is 10.6 Å². The van der Waals surface area contributed by atoms with Crippen molar-refractivity contribution in [2.75, 3.05) is 10.6 Å². The minimum absolute atomic E-state index is 0.344. The smallest absolute Gasteiger partial charge is 0.239 e. The number of carbonyl (C=O) groups is 2. The summed E-state index contributed by atoms with van der Waals surface area (Å²) in [6, 6.07) is 13.0. The molecule has 0 saturated carbocycles. The molecule has 5 heteroatoms. The van der Waals surface area contributed by atoms with Crippen LogP contribution in [-0.4, -0.2) is 11.8 Å². The lowest BCUT2D eigenvalue weighted by Gasteiger charge is -2.23. The molecule has 2 rings (SSSR count). The fourth-order valence-corrected chi connectivity index (χ4v) is 2.35. The molecule has 0 aromatic heterocycles. The van der Waals surface area contributed by atoms with Crippen LogP contribution in [0.25, 0.3) is 0 Å². The van der Waals surface area contributed by atoms with Gasteiger partial charge in [-0.05, 0) is 63.1 Å². The average Bonchev–Trinajstić information content (AvgIpc) is 2.53. The van der Waals surface area contributed by atoms with Crippen molar-refractivity contribution in [2.24, 2.45) is 5.41 Å². The van der Waals surface area contributed by atoms with Crippen LogP contribution < -0.4 is 10.6 Å². The first-order valence-corrected chi connectivity index (χ1v) is 8.46. The summed E-state index contributed by atoms with van der Waals surface area (Å²) >= 11 is 3.43. The second-order valence-corrected chi connectivity index (χ2v) is 7.17. The monoisotopic (exact) mass is 388 g/mol. The summed E-state index contributed by atoms with van der Waals surface area (Å²) in [5.74, 6) is -0.696. The van der Waals surface area contributed by atoms with Crippen LogP contribution in [0.2, 0.25) is 0 Å². The SMILES string of the molecule is Cc1cc(NC(=O)C(C)(C)C(=O)Nc2ccccc2C)ccc1Br. The first kappa shape index (κ1) is 18.2. The fraction of sp³-hybridized carbons (Fsp3) is 0.263. The Morgan fingerprint density at radius 1 is 0.917 bits per heavy atom. The zero-order valence-electron chi connectivity index (χ0n) is 14.2. The van der Waals surface area contributed by atoms with E-state index in [1.54, 1.807) is 19.9 Å². The maximum atomic E-state index is 12.6. The van der Waals surface area contributed by atoms with Crippen molar-refractivity contribution in [1.29, 1.82) is 0 Å². The summed E-state index contributed by atoms with van der Waals surface area (Å²) in [7, 11) is 0. The average molecular weight is 389 g/mol. The van der Waals surface area contributed by atoms with Gasteiger partial charge in [-0.15, -0.1) is 0 Å². The van der Waals surface area contributed by atoms with Crippen molar-refractivity contribution in [3.63, 3.8) is 0 Å². The Morgan fingerprint density at radius 2 is 1.54 bits per heavy atom. The molecule has 126 valence electrons. The molecule has 24 heavy (non-hydrogen) atoms. The highest BCUT2D eigenvalue weighted by molar-refractivity contribution is 9.10. The van der Waals surface area contributed by atoms with Crippen LogP contribution in [0.4, 0.5) is 11.4 Å². The van der Waals surface area contributed by atoms with Gasteiger partial charge in [0.05, 0.1) is 0 Å². The number of para-hydroxylation sites is 1. The molecule has 0 spiro atoms. The highest BCUT2D eigenvalue weighted by Gasteiger charge is 2.36. The third kappa shape index (κ3) is 4.03. The standard InChI is InChI=1S/C19H21BrN2O2/c1-12-7-5-6-8-16(12)22-18(24)19(3,4)17(23)21-14-9-10-15(20)13(2)11-14/h5-11H,1-4H3,(H,21,23)(H,22,24). The lowest BCUT2D eigenvalue weighted by molar-refractivity contribution is -0.135. The van der Waals surface area contributed by atoms with Gasteiger partial charge in [0.15, 0.2) is 0 Å². The molecule has 0 heterocycles. The Hall–Kier alpha value is -2.14. The van der Waals surface area contributed by atoms with Crippen molar-refractivity contribution < 1.29 is 9.59 Å². The van der Waals surface area contributed by atoms with Crippen LogP contribution in [0.3, 0.4) is 0 Å². The lowest BCUT2D eigenvalue weighted by Crippen LogP contribution is -2.41. The first-order chi connectivity index (χ1) is 11.2. The maximum absolute atomic E-state index is 12.6. The molecule has 0 aliphatic heterocycles. The minimum Gasteiger partial charge on any atom is -0.325 e. The van der Waals surface area contributed by atoms with E-state index in [-0.39, 0.29) is 11.8 Å². The first-order valence-electron chi connectivity index (χ1n) is 7.66. The van der Waals surface area contributed by atoms with E-state index < -0.39 is 5.41 Å². The normalized spacial score (nSPS) is 11.0. The maximum Gasteiger partial charge on any atom is 0.239 e. The van der Waals surface area contributed by atoms with E-state index >= 15 is 0 Å². The Balaban J connectivity index is 2.13. The largest absolute Gasteiger partial charge is 0.325 e. The van der Waals surface area contributed by atoms with Crippen molar-refractivity contribution in [2.45, 2.75) is 27.7 Å². The summed E-state index contributed by atoms with van der Waals surface area (Å²) in [6.45, 7) is 7.08. The Morgan fingerprint density at radius 3 is 2.17 bits per heavy atom. The van der Waals surface area contributed by atoms with Crippen molar-refractivity contribution in [3.8, 4) is 0 Å². The number of rotatable bonds is 4. The predicted molar refractivity (Wildman–Crippen MR) is 101 cm³/mol. The van der Waals surface area contributed by atoms with E-state index in [2.05, 4.69) is 26.6 Å². The summed E-state index contributed by atoms with van der Waals surface area (Å²) in [6.07, 6.45) is 0. The molecule has 2 N–H and O–H groups in total. The van der Waals surface area contributed by atoms with E-state index in [1.807, 2.05) is 50.2 Å². The quantitative estimate of drug-likeness (QED) is 0.747. The summed E-state index contributed by atoms with van der Waals surface area (Å²) in [5, 5.41) is 5.64. The number of carbonyl (C=O) groups excluding carboxylic acids is 2. The molecule has 2 amide bonds. The summed E-state index contributed by atoms with van der Waals surface area (Å²) in [5.41, 5.74) is 2.13. The second kappa shape index (κ2) is 7.18. The number of hydrogen-bond donors (Lipinski definition) is 2. The molecule has 0 atom stereocenters. The Labute approximate surface area is 150 Å². The molecule has 0 aliphatic carbocycles. The molecule has 0 unspecified atom stereocenters. The van der Waals surface area contributed by atoms with E-state index in [9.17, 15) is 9.59 Å². The minimum atomic E-state index is -1.21. The number of aryl methyl sites for hydroxylation is 2. The molecule has 0 aliphatic rings. The van der Waals surface area contributed by atoms with Gasteiger partial charge in [-0.25, -0.2) is 0 Å². The van der Waals surface area contributed by atoms with E-state index in [1.165, 1.54) is 0 Å².